The Labute approximate surface area is 119 Å². The van der Waals surface area contributed by atoms with E-state index in [2.05, 4.69) is 14.7 Å². The fourth-order valence-corrected chi connectivity index (χ4v) is 3.66. The van der Waals surface area contributed by atoms with Gasteiger partial charge in [-0.25, -0.2) is 18.4 Å². The Bertz CT molecular complexity index is 684. The third-order valence-corrected chi connectivity index (χ3v) is 4.40. The molecule has 3 N–H and O–H groups in total. The average Bonchev–Trinajstić information content (AvgIpc) is 2.27. The van der Waals surface area contributed by atoms with Gasteiger partial charge in [0.25, 0.3) is 10.0 Å². The maximum atomic E-state index is 12.2. The van der Waals surface area contributed by atoms with E-state index in [0.29, 0.717) is 0 Å². The highest BCUT2D eigenvalue weighted by Crippen LogP contribution is 2.32. The summed E-state index contributed by atoms with van der Waals surface area (Å²) in [5, 5.41) is -0.122. The molecule has 2 rings (SSSR count). The van der Waals surface area contributed by atoms with E-state index in [-0.39, 0.29) is 26.3 Å². The van der Waals surface area contributed by atoms with E-state index in [1.54, 1.807) is 0 Å². The van der Waals surface area contributed by atoms with Crippen LogP contribution in [0.1, 0.15) is 0 Å². The van der Waals surface area contributed by atoms with Crippen molar-refractivity contribution in [2.24, 2.45) is 0 Å². The first kappa shape index (κ1) is 13.9. The second kappa shape index (κ2) is 5.20. The van der Waals surface area contributed by atoms with Crippen molar-refractivity contribution in [3.8, 4) is 0 Å². The van der Waals surface area contributed by atoms with Gasteiger partial charge in [-0.2, -0.15) is 0 Å². The Balaban J connectivity index is 2.46. The topological polar surface area (TPSA) is 98.0 Å². The molecule has 6 nitrogen and oxygen atoms in total. The quantitative estimate of drug-likeness (QED) is 0.845. The minimum atomic E-state index is -3.94. The Hall–Kier alpha value is -1.57. The zero-order chi connectivity index (χ0) is 14.0. The third kappa shape index (κ3) is 3.06. The molecule has 0 atom stereocenters. The summed E-state index contributed by atoms with van der Waals surface area (Å²) in [6.07, 6.45) is 3.90. The van der Waals surface area contributed by atoms with E-state index in [1.165, 1.54) is 30.9 Å². The molecule has 0 radical (unpaired) electrons. The van der Waals surface area contributed by atoms with Gasteiger partial charge >= 0.3 is 0 Å². The summed E-state index contributed by atoms with van der Waals surface area (Å²) in [4.78, 5) is 7.15. The van der Waals surface area contributed by atoms with Gasteiger partial charge < -0.3 is 5.73 Å². The number of nitrogens with one attached hydrogen (secondary N) is 1. The largest absolute Gasteiger partial charge is 0.399 e. The van der Waals surface area contributed by atoms with Crippen LogP contribution in [0.15, 0.2) is 35.7 Å². The lowest BCUT2D eigenvalue weighted by molar-refractivity contribution is 0.601. The highest BCUT2D eigenvalue weighted by atomic mass is 35.5. The van der Waals surface area contributed by atoms with Gasteiger partial charge in [-0.1, -0.05) is 23.2 Å². The van der Waals surface area contributed by atoms with Crippen LogP contribution in [0, 0.1) is 0 Å². The first-order valence-electron chi connectivity index (χ1n) is 4.92. The summed E-state index contributed by atoms with van der Waals surface area (Å²) >= 11 is 11.7. The number of nitrogens with zero attached hydrogens (tertiary/aromatic N) is 2. The van der Waals surface area contributed by atoms with Gasteiger partial charge in [-0.05, 0) is 12.1 Å². The summed E-state index contributed by atoms with van der Waals surface area (Å²) in [7, 11) is -3.94. The number of rotatable bonds is 3. The average molecular weight is 319 g/mol. The van der Waals surface area contributed by atoms with E-state index in [4.69, 9.17) is 28.9 Å². The molecule has 1 heterocycles. The number of nitrogens with two attached hydrogens (primary N) is 1. The van der Waals surface area contributed by atoms with Gasteiger partial charge in [0, 0.05) is 5.69 Å². The summed E-state index contributed by atoms with van der Waals surface area (Å²) in [5.41, 5.74) is 6.00. The van der Waals surface area contributed by atoms with Gasteiger partial charge in [0.05, 0.1) is 28.1 Å². The maximum Gasteiger partial charge on any atom is 0.264 e. The molecular formula is C10H8Cl2N4O2S. The Kier molecular flexibility index (Phi) is 3.79. The van der Waals surface area contributed by atoms with Crippen LogP contribution in [0.3, 0.4) is 0 Å². The molecule has 9 heteroatoms. The molecule has 0 unspecified atom stereocenters. The van der Waals surface area contributed by atoms with Crippen molar-refractivity contribution < 1.29 is 8.42 Å². The highest BCUT2D eigenvalue weighted by molar-refractivity contribution is 7.93. The lowest BCUT2D eigenvalue weighted by Gasteiger charge is -2.11. The van der Waals surface area contributed by atoms with Crippen molar-refractivity contribution in [3.63, 3.8) is 0 Å². The van der Waals surface area contributed by atoms with Gasteiger partial charge in [-0.3, -0.25) is 4.72 Å². The van der Waals surface area contributed by atoms with Crippen LogP contribution in [0.5, 0.6) is 0 Å². The molecule has 0 fully saturated rings. The van der Waals surface area contributed by atoms with Gasteiger partial charge in [0.15, 0.2) is 0 Å². The van der Waals surface area contributed by atoms with Crippen LogP contribution in [-0.4, -0.2) is 18.4 Å². The van der Waals surface area contributed by atoms with Crippen molar-refractivity contribution in [1.29, 1.82) is 0 Å². The van der Waals surface area contributed by atoms with Crippen molar-refractivity contribution in [3.05, 3.63) is 40.9 Å². The number of aromatic nitrogens is 2. The third-order valence-electron chi connectivity index (χ3n) is 2.10. The van der Waals surface area contributed by atoms with Gasteiger partial charge in [0.2, 0.25) is 0 Å². The zero-order valence-electron chi connectivity index (χ0n) is 9.34. The normalized spacial score (nSPS) is 11.3. The van der Waals surface area contributed by atoms with Gasteiger partial charge in [0.1, 0.15) is 11.2 Å². The number of nitrogen functional groups attached to an aromatic ring is 1. The monoisotopic (exact) mass is 318 g/mol. The van der Waals surface area contributed by atoms with Crippen LogP contribution in [0.4, 0.5) is 11.4 Å². The van der Waals surface area contributed by atoms with Crippen LogP contribution in [-0.2, 0) is 10.0 Å². The van der Waals surface area contributed by atoms with Crippen LogP contribution < -0.4 is 10.5 Å². The lowest BCUT2D eigenvalue weighted by atomic mass is 10.3. The molecule has 1 aromatic heterocycles. The van der Waals surface area contributed by atoms with Crippen molar-refractivity contribution in [1.82, 2.24) is 9.97 Å². The number of benzene rings is 1. The number of hydrogen-bond acceptors (Lipinski definition) is 5. The molecule has 19 heavy (non-hydrogen) atoms. The molecule has 0 saturated heterocycles. The molecule has 0 spiro atoms. The molecule has 0 aliphatic rings. The molecular weight excluding hydrogens is 311 g/mol. The second-order valence-corrected chi connectivity index (χ2v) is 5.98. The number of sulfonamides is 1. The number of hydrogen-bond donors (Lipinski definition) is 2. The van der Waals surface area contributed by atoms with E-state index in [9.17, 15) is 8.42 Å². The summed E-state index contributed by atoms with van der Waals surface area (Å²) in [5.74, 6) is 0. The summed E-state index contributed by atoms with van der Waals surface area (Å²) in [6, 6.07) is 2.62. The van der Waals surface area contributed by atoms with E-state index in [0.717, 1.165) is 0 Å². The van der Waals surface area contributed by atoms with E-state index >= 15 is 0 Å². The van der Waals surface area contributed by atoms with Crippen LogP contribution >= 0.6 is 23.2 Å². The second-order valence-electron chi connectivity index (χ2n) is 3.55. The smallest absolute Gasteiger partial charge is 0.264 e. The first-order valence-corrected chi connectivity index (χ1v) is 7.16. The minimum Gasteiger partial charge on any atom is -0.399 e. The van der Waals surface area contributed by atoms with E-state index < -0.39 is 10.0 Å². The number of halogens is 2. The minimum absolute atomic E-state index is 0.0608. The Morgan fingerprint density at radius 2 is 1.63 bits per heavy atom. The standard InChI is InChI=1S/C10H8Cl2N4O2S/c11-8-1-6(13)2-9(12)10(8)19(17,18)16-7-3-14-5-15-4-7/h1-5,16H,13H2. The maximum absolute atomic E-state index is 12.2. The van der Waals surface area contributed by atoms with Crippen LogP contribution in [0.2, 0.25) is 10.0 Å². The molecule has 0 aliphatic carbocycles. The highest BCUT2D eigenvalue weighted by Gasteiger charge is 2.22. The molecule has 0 saturated carbocycles. The molecule has 0 aliphatic heterocycles. The summed E-state index contributed by atoms with van der Waals surface area (Å²) in [6.45, 7) is 0. The Morgan fingerprint density at radius 1 is 1.11 bits per heavy atom. The van der Waals surface area contributed by atoms with Crippen molar-refractivity contribution >= 4 is 44.6 Å². The van der Waals surface area contributed by atoms with Gasteiger partial charge in [-0.15, -0.1) is 0 Å². The van der Waals surface area contributed by atoms with E-state index in [1.807, 2.05) is 0 Å². The lowest BCUT2D eigenvalue weighted by Crippen LogP contribution is -2.14. The SMILES string of the molecule is Nc1cc(Cl)c(S(=O)(=O)Nc2cncnc2)c(Cl)c1. The Morgan fingerprint density at radius 3 is 2.16 bits per heavy atom. The van der Waals surface area contributed by atoms with Crippen LogP contribution in [0.25, 0.3) is 0 Å². The number of anilines is 2. The first-order chi connectivity index (χ1) is 8.90. The molecule has 100 valence electrons. The predicted molar refractivity (Wildman–Crippen MR) is 73.7 cm³/mol. The molecule has 0 bridgehead atoms. The fraction of sp³-hybridized carbons (Fsp3) is 0. The van der Waals surface area contributed by atoms with Crippen molar-refractivity contribution in [2.75, 3.05) is 10.5 Å². The zero-order valence-corrected chi connectivity index (χ0v) is 11.7. The summed E-state index contributed by atoms with van der Waals surface area (Å²) < 4.78 is 26.6. The predicted octanol–water partition coefficient (Wildman–Crippen LogP) is 2.17. The molecule has 1 aromatic carbocycles. The fourth-order valence-electron chi connectivity index (χ4n) is 1.39. The van der Waals surface area contributed by atoms with Crippen molar-refractivity contribution in [2.45, 2.75) is 4.90 Å². The molecule has 2 aromatic rings. The molecule has 0 amide bonds.